The summed E-state index contributed by atoms with van der Waals surface area (Å²) in [6, 6.07) is 7.11. The molecule has 1 aromatic carbocycles. The van der Waals surface area contributed by atoms with Crippen LogP contribution in [0.3, 0.4) is 0 Å². The Bertz CT molecular complexity index is 460. The van der Waals surface area contributed by atoms with Gasteiger partial charge in [0.05, 0.1) is 5.69 Å². The Hall–Kier alpha value is -1.77. The largest absolute Gasteiger partial charge is 0.508 e. The first kappa shape index (κ1) is 8.81. The first-order valence-electron chi connectivity index (χ1n) is 4.46. The van der Waals surface area contributed by atoms with E-state index in [4.69, 9.17) is 0 Å². The lowest BCUT2D eigenvalue weighted by Crippen LogP contribution is -1.90. The molecule has 72 valence electrons. The van der Waals surface area contributed by atoms with E-state index in [9.17, 15) is 5.11 Å². The number of phenols is 1. The van der Waals surface area contributed by atoms with Gasteiger partial charge < -0.3 is 9.67 Å². The van der Waals surface area contributed by atoms with E-state index in [2.05, 4.69) is 4.98 Å². The molecule has 1 aromatic heterocycles. The van der Waals surface area contributed by atoms with Crippen LogP contribution in [-0.2, 0) is 7.05 Å². The Morgan fingerprint density at radius 2 is 2.14 bits per heavy atom. The van der Waals surface area contributed by atoms with Gasteiger partial charge in [-0.3, -0.25) is 0 Å². The molecular formula is C11H12N2O. The van der Waals surface area contributed by atoms with Crippen LogP contribution in [-0.4, -0.2) is 14.7 Å². The van der Waals surface area contributed by atoms with Crippen LogP contribution in [0.5, 0.6) is 5.75 Å². The Kier molecular flexibility index (Phi) is 2.00. The van der Waals surface area contributed by atoms with Crippen molar-refractivity contribution in [3.8, 4) is 17.1 Å². The van der Waals surface area contributed by atoms with Gasteiger partial charge >= 0.3 is 0 Å². The van der Waals surface area contributed by atoms with Crippen molar-refractivity contribution in [2.75, 3.05) is 0 Å². The van der Waals surface area contributed by atoms with Gasteiger partial charge in [-0.1, -0.05) is 12.1 Å². The van der Waals surface area contributed by atoms with Crippen LogP contribution in [0.1, 0.15) is 5.69 Å². The van der Waals surface area contributed by atoms with Gasteiger partial charge in [-0.15, -0.1) is 0 Å². The zero-order valence-corrected chi connectivity index (χ0v) is 8.23. The molecule has 14 heavy (non-hydrogen) atoms. The van der Waals surface area contributed by atoms with Crippen molar-refractivity contribution in [1.29, 1.82) is 0 Å². The Balaban J connectivity index is 2.54. The molecule has 0 atom stereocenters. The lowest BCUT2D eigenvalue weighted by Gasteiger charge is -2.01. The summed E-state index contributed by atoms with van der Waals surface area (Å²) in [6.07, 6.45) is 1.96. The van der Waals surface area contributed by atoms with E-state index in [1.807, 2.05) is 36.9 Å². The number of aromatic nitrogens is 2. The molecule has 0 saturated heterocycles. The number of imidazole rings is 1. The van der Waals surface area contributed by atoms with Gasteiger partial charge in [0.1, 0.15) is 11.6 Å². The number of hydrogen-bond acceptors (Lipinski definition) is 2. The molecule has 1 N–H and O–H groups in total. The molecule has 1 heterocycles. The van der Waals surface area contributed by atoms with E-state index in [-0.39, 0.29) is 5.75 Å². The molecule has 2 aromatic rings. The standard InChI is InChI=1S/C11H12N2O/c1-8-7-13(2)11(12-8)9-4-3-5-10(14)6-9/h3-7,14H,1-2H3. The third kappa shape index (κ3) is 1.48. The van der Waals surface area contributed by atoms with Crippen molar-refractivity contribution >= 4 is 0 Å². The second-order valence-electron chi connectivity index (χ2n) is 3.37. The van der Waals surface area contributed by atoms with Crippen molar-refractivity contribution in [3.05, 3.63) is 36.2 Å². The summed E-state index contributed by atoms with van der Waals surface area (Å²) >= 11 is 0. The number of aryl methyl sites for hydroxylation is 2. The van der Waals surface area contributed by atoms with Gasteiger partial charge in [-0.05, 0) is 19.1 Å². The molecule has 3 heteroatoms. The lowest BCUT2D eigenvalue weighted by molar-refractivity contribution is 0.475. The first-order valence-corrected chi connectivity index (χ1v) is 4.46. The fourth-order valence-corrected chi connectivity index (χ4v) is 1.53. The number of aromatic hydroxyl groups is 1. The molecule has 0 fully saturated rings. The predicted octanol–water partition coefficient (Wildman–Crippen LogP) is 2.10. The summed E-state index contributed by atoms with van der Waals surface area (Å²) in [7, 11) is 1.94. The fraction of sp³-hybridized carbons (Fsp3) is 0.182. The maximum atomic E-state index is 9.34. The van der Waals surface area contributed by atoms with E-state index >= 15 is 0 Å². The van der Waals surface area contributed by atoms with Crippen molar-refractivity contribution in [2.45, 2.75) is 6.92 Å². The summed E-state index contributed by atoms with van der Waals surface area (Å²) in [4.78, 5) is 4.37. The normalized spacial score (nSPS) is 10.4. The second kappa shape index (κ2) is 3.18. The predicted molar refractivity (Wildman–Crippen MR) is 55.0 cm³/mol. The van der Waals surface area contributed by atoms with E-state index < -0.39 is 0 Å². The van der Waals surface area contributed by atoms with Crippen LogP contribution < -0.4 is 0 Å². The lowest BCUT2D eigenvalue weighted by atomic mass is 10.2. The minimum Gasteiger partial charge on any atom is -0.508 e. The Morgan fingerprint density at radius 3 is 2.71 bits per heavy atom. The minimum atomic E-state index is 0.267. The molecule has 2 rings (SSSR count). The van der Waals surface area contributed by atoms with Crippen molar-refractivity contribution in [1.82, 2.24) is 9.55 Å². The van der Waals surface area contributed by atoms with E-state index in [0.717, 1.165) is 17.1 Å². The van der Waals surface area contributed by atoms with Gasteiger partial charge in [0.15, 0.2) is 0 Å². The molecular weight excluding hydrogens is 176 g/mol. The van der Waals surface area contributed by atoms with Gasteiger partial charge in [-0.2, -0.15) is 0 Å². The third-order valence-corrected chi connectivity index (χ3v) is 2.10. The van der Waals surface area contributed by atoms with Gasteiger partial charge in [0.25, 0.3) is 0 Å². The highest BCUT2D eigenvalue weighted by Gasteiger charge is 2.05. The highest BCUT2D eigenvalue weighted by molar-refractivity contribution is 5.58. The third-order valence-electron chi connectivity index (χ3n) is 2.10. The summed E-state index contributed by atoms with van der Waals surface area (Å²) < 4.78 is 1.95. The summed E-state index contributed by atoms with van der Waals surface area (Å²) in [6.45, 7) is 1.95. The number of benzene rings is 1. The number of phenolic OH excluding ortho intramolecular Hbond substituents is 1. The molecule has 0 radical (unpaired) electrons. The SMILES string of the molecule is Cc1cn(C)c(-c2cccc(O)c2)n1. The van der Waals surface area contributed by atoms with Gasteiger partial charge in [0, 0.05) is 18.8 Å². The molecule has 0 aliphatic rings. The highest BCUT2D eigenvalue weighted by atomic mass is 16.3. The number of nitrogens with zero attached hydrogens (tertiary/aromatic N) is 2. The molecule has 0 amide bonds. The maximum absolute atomic E-state index is 9.34. The van der Waals surface area contributed by atoms with Crippen molar-refractivity contribution < 1.29 is 5.11 Å². The number of rotatable bonds is 1. The van der Waals surface area contributed by atoms with E-state index in [0.29, 0.717) is 0 Å². The summed E-state index contributed by atoms with van der Waals surface area (Å²) in [5.74, 6) is 1.14. The quantitative estimate of drug-likeness (QED) is 0.744. The smallest absolute Gasteiger partial charge is 0.140 e. The zero-order chi connectivity index (χ0) is 10.1. The molecule has 0 saturated carbocycles. The van der Waals surface area contributed by atoms with Crippen LogP contribution in [0.4, 0.5) is 0 Å². The average molecular weight is 188 g/mol. The first-order chi connectivity index (χ1) is 6.66. The molecule has 0 spiro atoms. The minimum absolute atomic E-state index is 0.267. The number of hydrogen-bond donors (Lipinski definition) is 1. The molecule has 3 nitrogen and oxygen atoms in total. The van der Waals surface area contributed by atoms with E-state index in [1.54, 1.807) is 12.1 Å². The van der Waals surface area contributed by atoms with Crippen LogP contribution in [0.15, 0.2) is 30.5 Å². The molecule has 0 aliphatic carbocycles. The van der Waals surface area contributed by atoms with E-state index in [1.165, 1.54) is 0 Å². The van der Waals surface area contributed by atoms with Gasteiger partial charge in [0.2, 0.25) is 0 Å². The molecule has 0 bridgehead atoms. The Morgan fingerprint density at radius 1 is 1.36 bits per heavy atom. The van der Waals surface area contributed by atoms with Crippen LogP contribution in [0, 0.1) is 6.92 Å². The molecule has 0 aliphatic heterocycles. The maximum Gasteiger partial charge on any atom is 0.140 e. The highest BCUT2D eigenvalue weighted by Crippen LogP contribution is 2.21. The molecule has 0 unspecified atom stereocenters. The van der Waals surface area contributed by atoms with Crippen molar-refractivity contribution in [2.24, 2.45) is 7.05 Å². The van der Waals surface area contributed by atoms with Crippen LogP contribution >= 0.6 is 0 Å². The topological polar surface area (TPSA) is 38.0 Å². The average Bonchev–Trinajstić information content (AvgIpc) is 2.45. The fourth-order valence-electron chi connectivity index (χ4n) is 1.53. The van der Waals surface area contributed by atoms with Crippen LogP contribution in [0.2, 0.25) is 0 Å². The van der Waals surface area contributed by atoms with Gasteiger partial charge in [-0.25, -0.2) is 4.98 Å². The second-order valence-corrected chi connectivity index (χ2v) is 3.37. The Labute approximate surface area is 82.7 Å². The van der Waals surface area contributed by atoms with Crippen LogP contribution in [0.25, 0.3) is 11.4 Å². The van der Waals surface area contributed by atoms with Crippen molar-refractivity contribution in [3.63, 3.8) is 0 Å². The monoisotopic (exact) mass is 188 g/mol. The zero-order valence-electron chi connectivity index (χ0n) is 8.23. The summed E-state index contributed by atoms with van der Waals surface area (Å²) in [5, 5.41) is 9.34. The summed E-state index contributed by atoms with van der Waals surface area (Å²) in [5.41, 5.74) is 1.91.